The third-order valence-corrected chi connectivity index (χ3v) is 7.63. The van der Waals surface area contributed by atoms with E-state index in [1.54, 1.807) is 24.6 Å². The standard InChI is InChI=1S/C31H32N6O3/c1-31(2,39)20-40-26-13-27(30-23(14-32)16-34-36(30)19-26)22-9-10-28(33-15-22)35-17-24-12-25(18-35)37(24)29(38)11-8-21-6-4-3-5-7-21/h3-7,9-10,13,15-16,19,24-25,39H,8,11-12,17-18,20H2,1-2H3. The Hall–Kier alpha value is -4.42. The van der Waals surface area contributed by atoms with E-state index >= 15 is 0 Å². The zero-order chi connectivity index (χ0) is 27.9. The van der Waals surface area contributed by atoms with Crippen LogP contribution in [0.3, 0.4) is 0 Å². The molecule has 0 aliphatic carbocycles. The molecule has 3 saturated heterocycles. The molecular formula is C31H32N6O3. The average molecular weight is 537 g/mol. The number of aryl methyl sites for hydroxylation is 1. The monoisotopic (exact) mass is 536 g/mol. The summed E-state index contributed by atoms with van der Waals surface area (Å²) in [6, 6.07) is 18.7. The summed E-state index contributed by atoms with van der Waals surface area (Å²) < 4.78 is 7.46. The molecule has 40 heavy (non-hydrogen) atoms. The molecule has 1 aromatic carbocycles. The quantitative estimate of drug-likeness (QED) is 0.365. The normalized spacial score (nSPS) is 18.4. The van der Waals surface area contributed by atoms with Gasteiger partial charge in [-0.3, -0.25) is 4.79 Å². The van der Waals surface area contributed by atoms with Gasteiger partial charge in [0.1, 0.15) is 24.2 Å². The fourth-order valence-corrected chi connectivity index (χ4v) is 5.70. The van der Waals surface area contributed by atoms with E-state index in [0.717, 1.165) is 42.9 Å². The molecule has 1 amide bonds. The summed E-state index contributed by atoms with van der Waals surface area (Å²) in [6.07, 6.45) is 7.40. The molecule has 3 aromatic heterocycles. The van der Waals surface area contributed by atoms with Crippen molar-refractivity contribution in [3.05, 3.63) is 78.2 Å². The minimum atomic E-state index is -0.989. The van der Waals surface area contributed by atoms with E-state index in [0.29, 0.717) is 23.3 Å². The highest BCUT2D eigenvalue weighted by Gasteiger charge is 2.47. The average Bonchev–Trinajstić information content (AvgIpc) is 3.38. The largest absolute Gasteiger partial charge is 0.489 e. The number of rotatable bonds is 8. The summed E-state index contributed by atoms with van der Waals surface area (Å²) in [7, 11) is 0. The van der Waals surface area contributed by atoms with Crippen LogP contribution in [0.15, 0.2) is 67.1 Å². The summed E-state index contributed by atoms with van der Waals surface area (Å²) in [5, 5.41) is 24.1. The smallest absolute Gasteiger partial charge is 0.223 e. The van der Waals surface area contributed by atoms with Gasteiger partial charge in [-0.1, -0.05) is 30.3 Å². The van der Waals surface area contributed by atoms with E-state index in [2.05, 4.69) is 33.1 Å². The van der Waals surface area contributed by atoms with Crippen LogP contribution in [0, 0.1) is 11.3 Å². The van der Waals surface area contributed by atoms with Gasteiger partial charge in [0.15, 0.2) is 0 Å². The number of piperazine rings is 1. The Bertz CT molecular complexity index is 1560. The zero-order valence-electron chi connectivity index (χ0n) is 22.7. The van der Waals surface area contributed by atoms with Gasteiger partial charge < -0.3 is 19.6 Å². The second-order valence-electron chi connectivity index (χ2n) is 11.3. The van der Waals surface area contributed by atoms with E-state index in [4.69, 9.17) is 9.72 Å². The molecule has 4 aromatic rings. The first-order valence-electron chi connectivity index (χ1n) is 13.6. The van der Waals surface area contributed by atoms with Crippen LogP contribution in [-0.2, 0) is 11.2 Å². The number of pyridine rings is 2. The lowest BCUT2D eigenvalue weighted by molar-refractivity contribution is -0.146. The number of amides is 1. The molecule has 3 aliphatic rings. The molecule has 2 unspecified atom stereocenters. The summed E-state index contributed by atoms with van der Waals surface area (Å²) in [6.45, 7) is 5.02. The van der Waals surface area contributed by atoms with Gasteiger partial charge in [0.25, 0.3) is 0 Å². The van der Waals surface area contributed by atoms with Crippen molar-refractivity contribution >= 4 is 17.2 Å². The number of fused-ring (bicyclic) bond motifs is 3. The number of hydrogen-bond acceptors (Lipinski definition) is 7. The van der Waals surface area contributed by atoms with E-state index in [-0.39, 0.29) is 24.6 Å². The van der Waals surface area contributed by atoms with Gasteiger partial charge in [0, 0.05) is 36.8 Å². The number of aliphatic hydroxyl groups is 1. The fourth-order valence-electron chi connectivity index (χ4n) is 5.70. The molecule has 3 fully saturated rings. The molecule has 3 aliphatic heterocycles. The van der Waals surface area contributed by atoms with E-state index in [1.807, 2.05) is 42.6 Å². The van der Waals surface area contributed by atoms with Crippen molar-refractivity contribution in [3.8, 4) is 22.9 Å². The minimum Gasteiger partial charge on any atom is -0.489 e. The Morgan fingerprint density at radius 1 is 1.15 bits per heavy atom. The Labute approximate surface area is 233 Å². The van der Waals surface area contributed by atoms with E-state index in [1.165, 1.54) is 11.8 Å². The maximum absolute atomic E-state index is 13.0. The Kier molecular flexibility index (Phi) is 6.64. The first-order valence-corrected chi connectivity index (χ1v) is 13.6. The molecule has 6 heterocycles. The minimum absolute atomic E-state index is 0.116. The second kappa shape index (κ2) is 10.3. The number of piperidine rings is 1. The van der Waals surface area contributed by atoms with Gasteiger partial charge in [-0.05, 0) is 50.5 Å². The van der Waals surface area contributed by atoms with Gasteiger partial charge >= 0.3 is 0 Å². The Morgan fingerprint density at radius 3 is 2.60 bits per heavy atom. The molecule has 9 heteroatoms. The van der Waals surface area contributed by atoms with Crippen molar-refractivity contribution in [2.45, 2.75) is 50.8 Å². The van der Waals surface area contributed by atoms with Crippen LogP contribution in [0.2, 0.25) is 0 Å². The van der Waals surface area contributed by atoms with Crippen molar-refractivity contribution in [2.75, 3.05) is 24.6 Å². The van der Waals surface area contributed by atoms with Gasteiger partial charge in [0.2, 0.25) is 5.91 Å². The van der Waals surface area contributed by atoms with Gasteiger partial charge in [-0.2, -0.15) is 10.4 Å². The maximum Gasteiger partial charge on any atom is 0.223 e. The molecule has 1 N–H and O–H groups in total. The number of aromatic nitrogens is 3. The summed E-state index contributed by atoms with van der Waals surface area (Å²) in [5.74, 6) is 1.64. The SMILES string of the molecule is CC(C)(O)COc1cc(-c2ccc(N3CC4CC(C3)N4C(=O)CCc3ccccc3)nc2)c2c(C#N)cnn2c1. The molecule has 0 spiro atoms. The Balaban J connectivity index is 1.16. The first kappa shape index (κ1) is 25.8. The molecule has 9 nitrogen and oxygen atoms in total. The molecule has 2 bridgehead atoms. The number of anilines is 1. The van der Waals surface area contributed by atoms with Crippen molar-refractivity contribution in [2.24, 2.45) is 0 Å². The topological polar surface area (TPSA) is 107 Å². The second-order valence-corrected chi connectivity index (χ2v) is 11.3. The predicted octanol–water partition coefficient (Wildman–Crippen LogP) is 3.84. The lowest BCUT2D eigenvalue weighted by atomic mass is 9.86. The van der Waals surface area contributed by atoms with Crippen LogP contribution in [0.1, 0.15) is 37.8 Å². The van der Waals surface area contributed by atoms with Crippen LogP contribution in [-0.4, -0.2) is 67.9 Å². The van der Waals surface area contributed by atoms with Crippen molar-refractivity contribution in [1.82, 2.24) is 19.5 Å². The lowest BCUT2D eigenvalue weighted by Gasteiger charge is -2.56. The van der Waals surface area contributed by atoms with Crippen LogP contribution >= 0.6 is 0 Å². The highest BCUT2D eigenvalue weighted by molar-refractivity contribution is 5.85. The number of carbonyl (C=O) groups excluding carboxylic acids is 1. The van der Waals surface area contributed by atoms with Crippen LogP contribution in [0.5, 0.6) is 5.75 Å². The number of ether oxygens (including phenoxy) is 1. The maximum atomic E-state index is 13.0. The molecular weight excluding hydrogens is 504 g/mol. The number of benzene rings is 1. The number of nitrogens with zero attached hydrogens (tertiary/aromatic N) is 6. The number of carbonyl (C=O) groups is 1. The molecule has 0 saturated carbocycles. The fraction of sp³-hybridized carbons (Fsp3) is 0.355. The van der Waals surface area contributed by atoms with Gasteiger partial charge in [-0.25, -0.2) is 9.50 Å². The zero-order valence-corrected chi connectivity index (χ0v) is 22.7. The van der Waals surface area contributed by atoms with Crippen LogP contribution in [0.25, 0.3) is 16.6 Å². The third kappa shape index (κ3) is 5.10. The number of hydrogen-bond donors (Lipinski definition) is 1. The first-order chi connectivity index (χ1) is 19.3. The van der Waals surface area contributed by atoms with E-state index in [9.17, 15) is 15.2 Å². The predicted molar refractivity (Wildman–Crippen MR) is 151 cm³/mol. The van der Waals surface area contributed by atoms with Crippen molar-refractivity contribution in [3.63, 3.8) is 0 Å². The van der Waals surface area contributed by atoms with E-state index < -0.39 is 5.60 Å². The number of nitriles is 1. The highest BCUT2D eigenvalue weighted by Crippen LogP contribution is 2.36. The molecule has 0 radical (unpaired) electrons. The highest BCUT2D eigenvalue weighted by atomic mass is 16.5. The van der Waals surface area contributed by atoms with Crippen molar-refractivity contribution < 1.29 is 14.6 Å². The Morgan fingerprint density at radius 2 is 1.93 bits per heavy atom. The summed E-state index contributed by atoms with van der Waals surface area (Å²) in [4.78, 5) is 22.1. The van der Waals surface area contributed by atoms with Gasteiger partial charge in [0.05, 0.1) is 41.2 Å². The third-order valence-electron chi connectivity index (χ3n) is 7.63. The van der Waals surface area contributed by atoms with Crippen LogP contribution < -0.4 is 9.64 Å². The molecule has 7 rings (SSSR count). The lowest BCUT2D eigenvalue weighted by Crippen LogP contribution is -2.70. The summed E-state index contributed by atoms with van der Waals surface area (Å²) >= 11 is 0. The van der Waals surface area contributed by atoms with Crippen LogP contribution in [0.4, 0.5) is 5.82 Å². The summed E-state index contributed by atoms with van der Waals surface area (Å²) in [5.41, 5.74) is 2.95. The van der Waals surface area contributed by atoms with Crippen molar-refractivity contribution in [1.29, 1.82) is 5.26 Å². The molecule has 204 valence electrons. The van der Waals surface area contributed by atoms with Gasteiger partial charge in [-0.15, -0.1) is 0 Å². The molecule has 2 atom stereocenters.